The minimum Gasteiger partial charge on any atom is -0.488 e. The molecule has 14 nitrogen and oxygen atoms in total. The average molecular weight is 984 g/mol. The molecule has 0 radical (unpaired) electrons. The maximum atomic E-state index is 11.5. The van der Waals surface area contributed by atoms with Gasteiger partial charge in [0.15, 0.2) is 0 Å². The first-order valence-corrected chi connectivity index (χ1v) is 23.7. The van der Waals surface area contributed by atoms with Crippen LogP contribution in [0.1, 0.15) is 61.7 Å². The molecule has 1 unspecified atom stereocenters. The number of ether oxygens (including phenoxy) is 4. The van der Waals surface area contributed by atoms with E-state index in [1.807, 2.05) is 66.9 Å². The van der Waals surface area contributed by atoms with Crippen LogP contribution in [0.25, 0.3) is 11.1 Å². The third kappa shape index (κ3) is 11.4. The number of carboxylic acids is 2. The van der Waals surface area contributed by atoms with E-state index < -0.39 is 23.8 Å². The second-order valence-electron chi connectivity index (χ2n) is 18.0. The molecule has 0 aliphatic carbocycles. The van der Waals surface area contributed by atoms with Gasteiger partial charge in [-0.3, -0.25) is 39.3 Å². The molecule has 3 aliphatic heterocycles. The Labute approximate surface area is 416 Å². The Kier molecular flexibility index (Phi) is 14.8. The summed E-state index contributed by atoms with van der Waals surface area (Å²) in [5, 5.41) is 19.8. The Balaban J connectivity index is 0.901. The first-order valence-electron chi connectivity index (χ1n) is 23.0. The number of aromatic nitrogens is 2. The van der Waals surface area contributed by atoms with Gasteiger partial charge in [-0.05, 0) is 71.5 Å². The Hall–Kier alpha value is -6.84. The van der Waals surface area contributed by atoms with Crippen molar-refractivity contribution in [3.63, 3.8) is 0 Å². The van der Waals surface area contributed by atoms with Gasteiger partial charge in [0.25, 0.3) is 0 Å². The Morgan fingerprint density at radius 2 is 1.11 bits per heavy atom. The van der Waals surface area contributed by atoms with Crippen LogP contribution in [0.3, 0.4) is 0 Å². The van der Waals surface area contributed by atoms with Gasteiger partial charge in [0.2, 0.25) is 0 Å². The molecule has 2 fully saturated rings. The van der Waals surface area contributed by atoms with E-state index in [0.29, 0.717) is 72.3 Å². The molecule has 0 bridgehead atoms. The zero-order valence-electron chi connectivity index (χ0n) is 39.0. The first kappa shape index (κ1) is 48.2. The number of benzene rings is 4. The molecule has 0 amide bonds. The standard InChI is InChI=1S/C54H52Cl2N6O8/c1-32-37(30-69-51-14-49(67-28-35-10-34(16-57-3)17-58-18-35)40(12-46(51)55)22-61-24-42(25-61)53(63)64)6-4-8-44(32)45-9-5-7-38(33(45)2)31-70-52-15-50(68-29-36-11-39(20-59-19-36)48-21-60-48)41(13-47(52)56)23-62-26-43(27-62)54(65)66/h4-21,42-43,48H,22-31H2,1-3H3,(H,63,64)(H,65,66)/b57-16+. The largest absolute Gasteiger partial charge is 0.488 e. The minimum atomic E-state index is -0.798. The lowest BCUT2D eigenvalue weighted by Crippen LogP contribution is -2.49. The van der Waals surface area contributed by atoms with Gasteiger partial charge in [0.05, 0.1) is 21.9 Å². The van der Waals surface area contributed by atoms with E-state index in [9.17, 15) is 19.8 Å². The van der Waals surface area contributed by atoms with Crippen molar-refractivity contribution in [1.82, 2.24) is 19.8 Å². The molecule has 5 heterocycles. The molecule has 360 valence electrons. The second-order valence-corrected chi connectivity index (χ2v) is 18.8. The van der Waals surface area contributed by atoms with Crippen molar-refractivity contribution in [3.8, 4) is 34.1 Å². The molecule has 2 N–H and O–H groups in total. The van der Waals surface area contributed by atoms with Crippen LogP contribution in [0.15, 0.2) is 108 Å². The number of aliphatic carboxylic acids is 2. The van der Waals surface area contributed by atoms with E-state index in [4.69, 9.17) is 42.1 Å². The van der Waals surface area contributed by atoms with Crippen LogP contribution in [0.5, 0.6) is 23.0 Å². The molecule has 6 aromatic rings. The van der Waals surface area contributed by atoms with Gasteiger partial charge in [0.1, 0.15) is 55.5 Å². The van der Waals surface area contributed by atoms with Crippen molar-refractivity contribution < 1.29 is 38.7 Å². The fourth-order valence-electron chi connectivity index (χ4n) is 8.75. The van der Waals surface area contributed by atoms with Gasteiger partial charge in [-0.1, -0.05) is 59.6 Å². The number of hydrogen-bond acceptors (Lipinski definition) is 12. The predicted octanol–water partition coefficient (Wildman–Crippen LogP) is 9.59. The van der Waals surface area contributed by atoms with Gasteiger partial charge >= 0.3 is 11.9 Å². The summed E-state index contributed by atoms with van der Waals surface area (Å²) in [7, 11) is 1.71. The molecule has 16 heteroatoms. The highest BCUT2D eigenvalue weighted by molar-refractivity contribution is 6.32. The molecular formula is C54H52Cl2N6O8. The molecule has 4 aromatic carbocycles. The molecule has 1 atom stereocenters. The topological polar surface area (TPSA) is 168 Å². The summed E-state index contributed by atoms with van der Waals surface area (Å²) in [6.07, 6.45) is 10.7. The summed E-state index contributed by atoms with van der Waals surface area (Å²) in [5.41, 5.74) is 11.4. The van der Waals surface area contributed by atoms with Gasteiger partial charge < -0.3 is 29.2 Å². The molecule has 0 spiro atoms. The number of nitrogens with zero attached hydrogens (tertiary/aromatic N) is 6. The minimum absolute atomic E-state index is 0.0701. The van der Waals surface area contributed by atoms with E-state index in [1.54, 1.807) is 38.0 Å². The van der Waals surface area contributed by atoms with Gasteiger partial charge in [0, 0.05) is 129 Å². The zero-order valence-corrected chi connectivity index (χ0v) is 40.5. The van der Waals surface area contributed by atoms with Crippen molar-refractivity contribution in [3.05, 3.63) is 163 Å². The molecule has 9 rings (SSSR count). The Morgan fingerprint density at radius 3 is 1.59 bits per heavy atom. The monoisotopic (exact) mass is 982 g/mol. The molecule has 2 aromatic heterocycles. The maximum absolute atomic E-state index is 11.5. The highest BCUT2D eigenvalue weighted by Gasteiger charge is 2.34. The average Bonchev–Trinajstić information content (AvgIpc) is 4.17. The van der Waals surface area contributed by atoms with Gasteiger partial charge in [-0.15, -0.1) is 0 Å². The number of carbonyl (C=O) groups is 2. The number of hydrogen-bond donors (Lipinski definition) is 2. The van der Waals surface area contributed by atoms with Crippen LogP contribution in [0.4, 0.5) is 0 Å². The summed E-state index contributed by atoms with van der Waals surface area (Å²) >= 11 is 13.8. The lowest BCUT2D eigenvalue weighted by Gasteiger charge is -2.37. The highest BCUT2D eigenvalue weighted by atomic mass is 35.5. The van der Waals surface area contributed by atoms with Crippen LogP contribution in [0.2, 0.25) is 10.0 Å². The number of rotatable bonds is 21. The van der Waals surface area contributed by atoms with Crippen LogP contribution in [-0.2, 0) is 49.1 Å². The van der Waals surface area contributed by atoms with E-state index in [-0.39, 0.29) is 32.5 Å². The highest BCUT2D eigenvalue weighted by Crippen LogP contribution is 2.39. The van der Waals surface area contributed by atoms with E-state index in [0.717, 1.165) is 66.8 Å². The van der Waals surface area contributed by atoms with Crippen molar-refractivity contribution in [2.75, 3.05) is 33.2 Å². The van der Waals surface area contributed by atoms with E-state index in [2.05, 4.69) is 55.7 Å². The lowest BCUT2D eigenvalue weighted by atomic mass is 9.92. The van der Waals surface area contributed by atoms with Crippen LogP contribution < -0.4 is 18.9 Å². The smallest absolute Gasteiger partial charge is 0.309 e. The Bertz CT molecular complexity index is 2980. The molecule has 70 heavy (non-hydrogen) atoms. The predicted molar refractivity (Wildman–Crippen MR) is 268 cm³/mol. The summed E-state index contributed by atoms with van der Waals surface area (Å²) in [5.74, 6) is -0.282. The quantitative estimate of drug-likeness (QED) is 0.0657. The second kappa shape index (κ2) is 21.4. The van der Waals surface area contributed by atoms with E-state index in [1.165, 1.54) is 0 Å². The number of aliphatic imine (C=N–C) groups is 2. The number of halogens is 2. The van der Waals surface area contributed by atoms with Crippen molar-refractivity contribution >= 4 is 47.6 Å². The number of likely N-dealkylation sites (tertiary alicyclic amines) is 2. The van der Waals surface area contributed by atoms with Crippen molar-refractivity contribution in [2.45, 2.75) is 59.4 Å². The summed E-state index contributed by atoms with van der Waals surface area (Å²) < 4.78 is 25.7. The third-order valence-electron chi connectivity index (χ3n) is 12.9. The first-order chi connectivity index (χ1) is 33.9. The number of carboxylic acid groups (broad SMARTS) is 2. The summed E-state index contributed by atoms with van der Waals surface area (Å²) in [6.45, 7) is 7.89. The van der Waals surface area contributed by atoms with Crippen LogP contribution in [0, 0.1) is 25.7 Å². The third-order valence-corrected chi connectivity index (χ3v) is 13.5. The number of pyridine rings is 2. The molecule has 0 saturated carbocycles. The van der Waals surface area contributed by atoms with Gasteiger partial charge in [-0.25, -0.2) is 0 Å². The lowest BCUT2D eigenvalue weighted by molar-refractivity contribution is -0.148. The van der Waals surface area contributed by atoms with Crippen molar-refractivity contribution in [1.29, 1.82) is 0 Å². The normalized spacial score (nSPS) is 15.9. The van der Waals surface area contributed by atoms with Crippen molar-refractivity contribution in [2.24, 2.45) is 21.8 Å². The molecular weight excluding hydrogens is 932 g/mol. The molecule has 2 saturated heterocycles. The van der Waals surface area contributed by atoms with E-state index >= 15 is 0 Å². The fourth-order valence-corrected chi connectivity index (χ4v) is 9.23. The van der Waals surface area contributed by atoms with Gasteiger partial charge in [-0.2, -0.15) is 0 Å². The SMILES string of the molecule is C/N=C/c1cncc(COc2cc(OCc3cccc(-c4cccc(COc5cc(OCc6cncc(C7C=N7)c6)c(CN6CC(C(=O)O)C6)cc5Cl)c4C)c3C)c(Cl)cc2CN2CC(C(=O)O)C2)c1. The summed E-state index contributed by atoms with van der Waals surface area (Å²) in [4.78, 5) is 44.2. The zero-order chi connectivity index (χ0) is 48.9. The fraction of sp³-hybridized carbons (Fsp3) is 0.296. The van der Waals surface area contributed by atoms with Crippen LogP contribution >= 0.6 is 23.2 Å². The Morgan fingerprint density at radius 1 is 0.643 bits per heavy atom. The van der Waals surface area contributed by atoms with Crippen LogP contribution in [-0.4, -0.2) is 87.6 Å². The maximum Gasteiger partial charge on any atom is 0.309 e. The summed E-state index contributed by atoms with van der Waals surface area (Å²) in [6, 6.07) is 23.7. The molecule has 3 aliphatic rings.